The third-order valence-corrected chi connectivity index (χ3v) is 3.84. The molecule has 0 aromatic heterocycles. The van der Waals surface area contributed by atoms with Crippen LogP contribution >= 0.6 is 22.6 Å². The van der Waals surface area contributed by atoms with Gasteiger partial charge in [-0.05, 0) is 59.4 Å². The molecular formula is C18H16FIO3. The van der Waals surface area contributed by atoms with E-state index in [2.05, 4.69) is 22.6 Å². The number of carbonyl (C=O) groups excluding carboxylic acids is 1. The Labute approximate surface area is 148 Å². The maximum absolute atomic E-state index is 13.6. The summed E-state index contributed by atoms with van der Waals surface area (Å²) in [6.45, 7) is 2.28. The zero-order valence-corrected chi connectivity index (χ0v) is 14.7. The van der Waals surface area contributed by atoms with Crippen molar-refractivity contribution in [2.24, 2.45) is 0 Å². The fourth-order valence-corrected chi connectivity index (χ4v) is 2.56. The molecule has 0 N–H and O–H groups in total. The van der Waals surface area contributed by atoms with Crippen LogP contribution in [0.5, 0.6) is 5.75 Å². The largest absolute Gasteiger partial charge is 0.488 e. The Kier molecular flexibility index (Phi) is 6.58. The fraction of sp³-hybridized carbons (Fsp3) is 0.167. The Hall–Kier alpha value is -1.89. The molecule has 0 amide bonds. The predicted molar refractivity (Wildman–Crippen MR) is 95.6 cm³/mol. The first kappa shape index (κ1) is 17.5. The Morgan fingerprint density at radius 2 is 2.04 bits per heavy atom. The van der Waals surface area contributed by atoms with E-state index in [4.69, 9.17) is 9.47 Å². The van der Waals surface area contributed by atoms with Crippen molar-refractivity contribution in [3.8, 4) is 5.75 Å². The van der Waals surface area contributed by atoms with E-state index in [1.807, 2.05) is 12.1 Å². The summed E-state index contributed by atoms with van der Waals surface area (Å²) in [5.41, 5.74) is 1.37. The molecule has 0 atom stereocenters. The topological polar surface area (TPSA) is 35.5 Å². The second kappa shape index (κ2) is 8.67. The molecule has 0 radical (unpaired) electrons. The maximum Gasteiger partial charge on any atom is 0.330 e. The molecular weight excluding hydrogens is 410 g/mol. The smallest absolute Gasteiger partial charge is 0.330 e. The third kappa shape index (κ3) is 5.35. The summed E-state index contributed by atoms with van der Waals surface area (Å²) in [6, 6.07) is 12.0. The molecule has 0 aliphatic carbocycles. The lowest BCUT2D eigenvalue weighted by molar-refractivity contribution is -0.137. The molecule has 3 nitrogen and oxygen atoms in total. The van der Waals surface area contributed by atoms with Gasteiger partial charge in [-0.25, -0.2) is 9.18 Å². The summed E-state index contributed by atoms with van der Waals surface area (Å²) in [5, 5.41) is 0. The molecule has 2 rings (SSSR count). The van der Waals surface area contributed by atoms with Crippen molar-refractivity contribution < 1.29 is 18.7 Å². The molecule has 0 unspecified atom stereocenters. The highest BCUT2D eigenvalue weighted by atomic mass is 127. The first-order valence-corrected chi connectivity index (χ1v) is 8.18. The quantitative estimate of drug-likeness (QED) is 0.385. The zero-order chi connectivity index (χ0) is 16.7. The Balaban J connectivity index is 2.02. The number of rotatable bonds is 6. The highest BCUT2D eigenvalue weighted by molar-refractivity contribution is 14.1. The highest BCUT2D eigenvalue weighted by Gasteiger charge is 2.05. The number of esters is 1. The molecule has 120 valence electrons. The van der Waals surface area contributed by atoms with Gasteiger partial charge in [0.1, 0.15) is 18.2 Å². The molecule has 23 heavy (non-hydrogen) atoms. The Morgan fingerprint density at radius 3 is 2.74 bits per heavy atom. The van der Waals surface area contributed by atoms with Gasteiger partial charge in [-0.2, -0.15) is 0 Å². The molecule has 0 saturated carbocycles. The Morgan fingerprint density at radius 1 is 1.26 bits per heavy atom. The van der Waals surface area contributed by atoms with Gasteiger partial charge in [-0.15, -0.1) is 0 Å². The fourth-order valence-electron chi connectivity index (χ4n) is 1.86. The van der Waals surface area contributed by atoms with E-state index >= 15 is 0 Å². The standard InChI is InChI=1S/C18H16FIO3/c1-2-22-18(21)10-8-13-7-9-17(16(20)11-13)23-12-14-5-3-4-6-15(14)19/h3-11H,2,12H2,1H3/b10-8+. The van der Waals surface area contributed by atoms with Crippen molar-refractivity contribution in [2.75, 3.05) is 6.61 Å². The number of carbonyl (C=O) groups is 1. The third-order valence-electron chi connectivity index (χ3n) is 3.00. The number of ether oxygens (including phenoxy) is 2. The zero-order valence-electron chi connectivity index (χ0n) is 12.6. The van der Waals surface area contributed by atoms with Gasteiger partial charge in [0.05, 0.1) is 10.2 Å². The molecule has 0 aliphatic heterocycles. The summed E-state index contributed by atoms with van der Waals surface area (Å²) < 4.78 is 24.9. The molecule has 2 aromatic carbocycles. The van der Waals surface area contributed by atoms with Crippen LogP contribution in [0.2, 0.25) is 0 Å². The van der Waals surface area contributed by atoms with E-state index in [-0.39, 0.29) is 18.4 Å². The average molecular weight is 426 g/mol. The monoisotopic (exact) mass is 426 g/mol. The highest BCUT2D eigenvalue weighted by Crippen LogP contribution is 2.24. The van der Waals surface area contributed by atoms with Gasteiger partial charge >= 0.3 is 5.97 Å². The molecule has 2 aromatic rings. The van der Waals surface area contributed by atoms with Crippen molar-refractivity contribution in [1.82, 2.24) is 0 Å². The molecule has 0 heterocycles. The van der Waals surface area contributed by atoms with E-state index in [9.17, 15) is 9.18 Å². The van der Waals surface area contributed by atoms with E-state index in [1.54, 1.807) is 37.3 Å². The van der Waals surface area contributed by atoms with Crippen molar-refractivity contribution in [1.29, 1.82) is 0 Å². The van der Waals surface area contributed by atoms with E-state index in [0.29, 0.717) is 17.9 Å². The molecule has 0 fully saturated rings. The number of hydrogen-bond donors (Lipinski definition) is 0. The second-order valence-electron chi connectivity index (χ2n) is 4.66. The van der Waals surface area contributed by atoms with E-state index in [1.165, 1.54) is 12.1 Å². The van der Waals surface area contributed by atoms with Gasteiger partial charge in [0.15, 0.2) is 0 Å². The number of halogens is 2. The summed E-state index contributed by atoms with van der Waals surface area (Å²) in [4.78, 5) is 11.3. The summed E-state index contributed by atoms with van der Waals surface area (Å²) in [7, 11) is 0. The first-order valence-electron chi connectivity index (χ1n) is 7.10. The van der Waals surface area contributed by atoms with E-state index in [0.717, 1.165) is 9.13 Å². The number of hydrogen-bond acceptors (Lipinski definition) is 3. The lowest BCUT2D eigenvalue weighted by Gasteiger charge is -2.09. The maximum atomic E-state index is 13.6. The summed E-state index contributed by atoms with van der Waals surface area (Å²) in [6.07, 6.45) is 3.07. The minimum absolute atomic E-state index is 0.167. The predicted octanol–water partition coefficient (Wildman–Crippen LogP) is 4.59. The van der Waals surface area contributed by atoms with Crippen LogP contribution in [0.15, 0.2) is 48.5 Å². The van der Waals surface area contributed by atoms with Crippen molar-refractivity contribution in [3.05, 3.63) is 69.1 Å². The molecule has 0 spiro atoms. The minimum Gasteiger partial charge on any atom is -0.488 e. The van der Waals surface area contributed by atoms with Gasteiger partial charge in [-0.3, -0.25) is 0 Å². The van der Waals surface area contributed by atoms with Crippen LogP contribution in [-0.4, -0.2) is 12.6 Å². The normalized spacial score (nSPS) is 10.7. The van der Waals surface area contributed by atoms with Gasteiger partial charge in [0, 0.05) is 11.6 Å². The van der Waals surface area contributed by atoms with Crippen molar-refractivity contribution in [2.45, 2.75) is 13.5 Å². The summed E-state index contributed by atoms with van der Waals surface area (Å²) >= 11 is 2.14. The lowest BCUT2D eigenvalue weighted by Crippen LogP contribution is -2.00. The molecule has 0 aliphatic rings. The molecule has 0 bridgehead atoms. The second-order valence-corrected chi connectivity index (χ2v) is 5.82. The van der Waals surface area contributed by atoms with Crippen molar-refractivity contribution >= 4 is 34.6 Å². The average Bonchev–Trinajstić information content (AvgIpc) is 2.54. The van der Waals surface area contributed by atoms with Crippen LogP contribution < -0.4 is 4.74 Å². The molecule has 0 saturated heterocycles. The van der Waals surface area contributed by atoms with Gasteiger partial charge in [0.25, 0.3) is 0 Å². The van der Waals surface area contributed by atoms with Crippen LogP contribution in [0, 0.1) is 9.39 Å². The summed E-state index contributed by atoms with van der Waals surface area (Å²) in [5.74, 6) is 0.0148. The van der Waals surface area contributed by atoms with Gasteiger partial charge in [0.2, 0.25) is 0 Å². The molecule has 5 heteroatoms. The van der Waals surface area contributed by atoms with Crippen LogP contribution in [0.25, 0.3) is 6.08 Å². The van der Waals surface area contributed by atoms with E-state index < -0.39 is 0 Å². The van der Waals surface area contributed by atoms with Crippen molar-refractivity contribution in [3.63, 3.8) is 0 Å². The van der Waals surface area contributed by atoms with Crippen LogP contribution in [0.1, 0.15) is 18.1 Å². The van der Waals surface area contributed by atoms with Crippen LogP contribution in [0.4, 0.5) is 4.39 Å². The Bertz CT molecular complexity index is 713. The van der Waals surface area contributed by atoms with Crippen LogP contribution in [0.3, 0.4) is 0 Å². The minimum atomic E-state index is -0.373. The number of benzene rings is 2. The lowest BCUT2D eigenvalue weighted by atomic mass is 10.2. The van der Waals surface area contributed by atoms with Gasteiger partial charge in [-0.1, -0.05) is 24.3 Å². The van der Waals surface area contributed by atoms with Gasteiger partial charge < -0.3 is 9.47 Å². The van der Waals surface area contributed by atoms with Crippen LogP contribution in [-0.2, 0) is 16.1 Å². The SMILES string of the molecule is CCOC(=O)/C=C/c1ccc(OCc2ccccc2F)c(I)c1. The first-order chi connectivity index (χ1) is 11.1.